The second-order valence-electron chi connectivity index (χ2n) is 4.96. The molecule has 0 radical (unpaired) electrons. The summed E-state index contributed by atoms with van der Waals surface area (Å²) in [6, 6.07) is 4.63. The van der Waals surface area contributed by atoms with Gasteiger partial charge in [-0.3, -0.25) is 4.79 Å². The molecule has 0 aromatic heterocycles. The van der Waals surface area contributed by atoms with E-state index in [2.05, 4.69) is 0 Å². The predicted molar refractivity (Wildman–Crippen MR) is 78.0 cm³/mol. The maximum absolute atomic E-state index is 12.2. The van der Waals surface area contributed by atoms with Gasteiger partial charge in [-0.05, 0) is 36.6 Å². The number of likely N-dealkylation sites (N-methyl/N-ethyl adjacent to an activating group) is 1. The van der Waals surface area contributed by atoms with E-state index in [1.807, 2.05) is 0 Å². The monoisotopic (exact) mass is 317 g/mol. The van der Waals surface area contributed by atoms with E-state index in [-0.39, 0.29) is 12.0 Å². The summed E-state index contributed by atoms with van der Waals surface area (Å²) in [5, 5.41) is 10.9. The van der Waals surface area contributed by atoms with Crippen molar-refractivity contribution in [3.05, 3.63) is 33.8 Å². The van der Waals surface area contributed by atoms with Crippen LogP contribution in [0.2, 0.25) is 10.0 Å². The number of amides is 1. The van der Waals surface area contributed by atoms with Crippen molar-refractivity contribution in [3.8, 4) is 0 Å². The van der Waals surface area contributed by atoms with Crippen molar-refractivity contribution in [2.24, 2.45) is 0 Å². The number of ether oxygens (including phenoxy) is 1. The third-order valence-electron chi connectivity index (χ3n) is 3.31. The lowest BCUT2D eigenvalue weighted by Crippen LogP contribution is -2.37. The molecular formula is C14H17Cl2NO3. The lowest BCUT2D eigenvalue weighted by atomic mass is 10.1. The maximum atomic E-state index is 12.2. The number of carbonyl (C=O) groups is 1. The molecule has 4 nitrogen and oxygen atoms in total. The molecule has 6 heteroatoms. The number of hydrogen-bond acceptors (Lipinski definition) is 3. The average molecular weight is 318 g/mol. The normalized spacial score (nSPS) is 19.9. The van der Waals surface area contributed by atoms with E-state index in [0.29, 0.717) is 22.2 Å². The van der Waals surface area contributed by atoms with Gasteiger partial charge in [0.2, 0.25) is 0 Å². The quantitative estimate of drug-likeness (QED) is 0.928. The Labute approximate surface area is 128 Å². The Morgan fingerprint density at radius 1 is 1.45 bits per heavy atom. The Kier molecular flexibility index (Phi) is 5.27. The van der Waals surface area contributed by atoms with E-state index in [9.17, 15) is 9.90 Å². The van der Waals surface area contributed by atoms with Crippen molar-refractivity contribution < 1.29 is 14.6 Å². The fraction of sp³-hybridized carbons (Fsp3) is 0.500. The van der Waals surface area contributed by atoms with Crippen LogP contribution >= 0.6 is 23.2 Å². The average Bonchev–Trinajstić information content (AvgIpc) is 2.88. The van der Waals surface area contributed by atoms with E-state index in [0.717, 1.165) is 19.4 Å². The first kappa shape index (κ1) is 15.6. The Bertz CT molecular complexity index is 469. The summed E-state index contributed by atoms with van der Waals surface area (Å²) in [4.78, 5) is 13.7. The molecule has 1 aliphatic rings. The molecule has 1 amide bonds. The first-order chi connectivity index (χ1) is 9.47. The first-order valence-corrected chi connectivity index (χ1v) is 7.23. The molecule has 1 aromatic carbocycles. The largest absolute Gasteiger partial charge is 0.378 e. The lowest BCUT2D eigenvalue weighted by Gasteiger charge is -2.23. The molecule has 1 N–H and O–H groups in total. The third-order valence-corrected chi connectivity index (χ3v) is 3.75. The second kappa shape index (κ2) is 6.76. The molecule has 0 spiro atoms. The van der Waals surface area contributed by atoms with Crippen molar-refractivity contribution >= 4 is 29.1 Å². The summed E-state index contributed by atoms with van der Waals surface area (Å²) in [6.07, 6.45) is 0.743. The van der Waals surface area contributed by atoms with Crippen molar-refractivity contribution in [1.82, 2.24) is 4.90 Å². The highest BCUT2D eigenvalue weighted by molar-refractivity contribution is 6.34. The summed E-state index contributed by atoms with van der Waals surface area (Å²) in [5.74, 6) is -0.390. The van der Waals surface area contributed by atoms with Crippen LogP contribution in [-0.4, -0.2) is 42.2 Å². The summed E-state index contributed by atoms with van der Waals surface area (Å²) >= 11 is 11.8. The summed E-state index contributed by atoms with van der Waals surface area (Å²) < 4.78 is 5.48. The van der Waals surface area contributed by atoms with Crippen LogP contribution in [0.1, 0.15) is 24.5 Å². The molecule has 1 aromatic rings. The van der Waals surface area contributed by atoms with Crippen molar-refractivity contribution in [1.29, 1.82) is 0 Å². The zero-order chi connectivity index (χ0) is 14.7. The maximum Gasteiger partial charge on any atom is 0.255 e. The van der Waals surface area contributed by atoms with Crippen LogP contribution in [0.25, 0.3) is 0 Å². The summed E-state index contributed by atoms with van der Waals surface area (Å²) in [6.45, 7) is 1.21. The number of carbonyl (C=O) groups excluding carboxylic acids is 1. The molecule has 1 fully saturated rings. The van der Waals surface area contributed by atoms with Gasteiger partial charge >= 0.3 is 0 Å². The first-order valence-electron chi connectivity index (χ1n) is 6.48. The van der Waals surface area contributed by atoms with Gasteiger partial charge in [-0.1, -0.05) is 23.2 Å². The van der Waals surface area contributed by atoms with Crippen LogP contribution in [0, 0.1) is 0 Å². The highest BCUT2D eigenvalue weighted by Gasteiger charge is 2.25. The molecule has 110 valence electrons. The van der Waals surface area contributed by atoms with Gasteiger partial charge in [0, 0.05) is 30.2 Å². The lowest BCUT2D eigenvalue weighted by molar-refractivity contribution is -0.140. The smallest absolute Gasteiger partial charge is 0.255 e. The van der Waals surface area contributed by atoms with Gasteiger partial charge in [-0.15, -0.1) is 0 Å². The molecule has 1 aliphatic heterocycles. The van der Waals surface area contributed by atoms with Crippen LogP contribution in [0.5, 0.6) is 0 Å². The molecule has 2 atom stereocenters. The molecule has 2 rings (SSSR count). The fourth-order valence-electron chi connectivity index (χ4n) is 2.27. The number of benzene rings is 1. The molecule has 0 aliphatic carbocycles. The number of nitrogens with zero attached hydrogens (tertiary/aromatic N) is 1. The highest BCUT2D eigenvalue weighted by Crippen LogP contribution is 2.25. The molecular weight excluding hydrogens is 301 g/mol. The molecule has 1 saturated heterocycles. The predicted octanol–water partition coefficient (Wildman–Crippen LogP) is 2.66. The van der Waals surface area contributed by atoms with Crippen LogP contribution in [-0.2, 0) is 9.53 Å². The van der Waals surface area contributed by atoms with Gasteiger partial charge in [0.05, 0.1) is 6.10 Å². The third kappa shape index (κ3) is 3.85. The van der Waals surface area contributed by atoms with Gasteiger partial charge < -0.3 is 14.7 Å². The van der Waals surface area contributed by atoms with Crippen LogP contribution in [0.4, 0.5) is 0 Å². The Hall–Kier alpha value is -0.810. The minimum atomic E-state index is -1.27. The van der Waals surface area contributed by atoms with Gasteiger partial charge in [-0.25, -0.2) is 0 Å². The van der Waals surface area contributed by atoms with Gasteiger partial charge in [-0.2, -0.15) is 0 Å². The SMILES string of the molecule is CN(CC1CCCO1)C(=O)C(O)c1cc(Cl)cc(Cl)c1. The van der Waals surface area contributed by atoms with Gasteiger partial charge in [0.25, 0.3) is 5.91 Å². The highest BCUT2D eigenvalue weighted by atomic mass is 35.5. The Morgan fingerprint density at radius 3 is 2.65 bits per heavy atom. The minimum Gasteiger partial charge on any atom is -0.378 e. The van der Waals surface area contributed by atoms with E-state index in [4.69, 9.17) is 27.9 Å². The van der Waals surface area contributed by atoms with E-state index < -0.39 is 6.10 Å². The van der Waals surface area contributed by atoms with Crippen LogP contribution in [0.15, 0.2) is 18.2 Å². The van der Waals surface area contributed by atoms with E-state index in [1.165, 1.54) is 17.0 Å². The summed E-state index contributed by atoms with van der Waals surface area (Å²) in [5.41, 5.74) is 0.395. The van der Waals surface area contributed by atoms with E-state index in [1.54, 1.807) is 13.1 Å². The molecule has 0 saturated carbocycles. The molecule has 1 heterocycles. The number of aliphatic hydroxyl groups excluding tert-OH is 1. The number of hydrogen-bond donors (Lipinski definition) is 1. The standard InChI is InChI=1S/C14H17Cl2NO3/c1-17(8-12-3-2-4-20-12)14(19)13(18)9-5-10(15)7-11(16)6-9/h5-7,12-13,18H,2-4,8H2,1H3. The molecule has 20 heavy (non-hydrogen) atoms. The molecule has 2 unspecified atom stereocenters. The summed E-state index contributed by atoms with van der Waals surface area (Å²) in [7, 11) is 1.65. The zero-order valence-electron chi connectivity index (χ0n) is 11.2. The zero-order valence-corrected chi connectivity index (χ0v) is 12.7. The van der Waals surface area contributed by atoms with E-state index >= 15 is 0 Å². The van der Waals surface area contributed by atoms with Crippen LogP contribution < -0.4 is 0 Å². The Balaban J connectivity index is 2.03. The second-order valence-corrected chi connectivity index (χ2v) is 5.83. The fourth-order valence-corrected chi connectivity index (χ4v) is 2.81. The van der Waals surface area contributed by atoms with Crippen molar-refractivity contribution in [2.45, 2.75) is 25.0 Å². The van der Waals surface area contributed by atoms with Crippen LogP contribution in [0.3, 0.4) is 0 Å². The topological polar surface area (TPSA) is 49.8 Å². The van der Waals surface area contributed by atoms with Gasteiger partial charge in [0.1, 0.15) is 0 Å². The minimum absolute atomic E-state index is 0.0547. The molecule has 0 bridgehead atoms. The Morgan fingerprint density at radius 2 is 2.10 bits per heavy atom. The van der Waals surface area contributed by atoms with Gasteiger partial charge in [0.15, 0.2) is 6.10 Å². The van der Waals surface area contributed by atoms with Crippen molar-refractivity contribution in [2.75, 3.05) is 20.2 Å². The number of rotatable bonds is 4. The number of halogens is 2. The van der Waals surface area contributed by atoms with Crippen molar-refractivity contribution in [3.63, 3.8) is 0 Å². The number of aliphatic hydroxyl groups is 1.